The topological polar surface area (TPSA) is 91.2 Å². The number of amides is 1. The van der Waals surface area contributed by atoms with Crippen molar-refractivity contribution in [2.24, 2.45) is 0 Å². The molecular weight excluding hydrogens is 418 g/mol. The zero-order valence-electron chi connectivity index (χ0n) is 18.4. The van der Waals surface area contributed by atoms with Crippen molar-refractivity contribution in [3.05, 3.63) is 84.4 Å². The first-order valence-electron chi connectivity index (χ1n) is 10.7. The van der Waals surface area contributed by atoms with Crippen LogP contribution in [0.2, 0.25) is 0 Å². The van der Waals surface area contributed by atoms with Crippen molar-refractivity contribution in [3.63, 3.8) is 0 Å². The highest BCUT2D eigenvalue weighted by atomic mass is 16.5. The Hall–Kier alpha value is -4.20. The van der Waals surface area contributed by atoms with Crippen molar-refractivity contribution in [2.45, 2.75) is 25.2 Å². The second-order valence-corrected chi connectivity index (χ2v) is 7.93. The van der Waals surface area contributed by atoms with Gasteiger partial charge in [0.15, 0.2) is 5.82 Å². The number of methoxy groups -OCH3 is 1. The van der Waals surface area contributed by atoms with Crippen LogP contribution < -0.4 is 14.8 Å². The minimum Gasteiger partial charge on any atom is -0.496 e. The van der Waals surface area contributed by atoms with E-state index in [9.17, 15) is 4.79 Å². The number of carbonyl (C=O) groups excluding carboxylic acids is 1. The van der Waals surface area contributed by atoms with E-state index in [1.165, 1.54) is 0 Å². The molecule has 2 aromatic heterocycles. The molecule has 1 fully saturated rings. The van der Waals surface area contributed by atoms with E-state index < -0.39 is 5.41 Å². The number of aryl methyl sites for hydroxylation is 1. The van der Waals surface area contributed by atoms with Gasteiger partial charge in [-0.3, -0.25) is 4.79 Å². The molecule has 0 spiro atoms. The van der Waals surface area contributed by atoms with Crippen molar-refractivity contribution in [1.82, 2.24) is 19.7 Å². The number of ether oxygens (including phenoxy) is 2. The van der Waals surface area contributed by atoms with Crippen molar-refractivity contribution in [2.75, 3.05) is 12.4 Å². The van der Waals surface area contributed by atoms with Gasteiger partial charge in [-0.05, 0) is 56.2 Å². The Morgan fingerprint density at radius 2 is 1.85 bits per heavy atom. The predicted molar refractivity (Wildman–Crippen MR) is 123 cm³/mol. The molecule has 1 aliphatic carbocycles. The predicted octanol–water partition coefficient (Wildman–Crippen LogP) is 4.44. The average molecular weight is 441 g/mol. The highest BCUT2D eigenvalue weighted by Crippen LogP contribution is 2.52. The molecule has 8 nitrogen and oxygen atoms in total. The molecule has 2 aromatic carbocycles. The summed E-state index contributed by atoms with van der Waals surface area (Å²) in [5.41, 5.74) is 1.09. The molecular formula is C25H23N5O3. The second-order valence-electron chi connectivity index (χ2n) is 7.93. The molecule has 0 bridgehead atoms. The lowest BCUT2D eigenvalue weighted by molar-refractivity contribution is -0.118. The number of hydrogen-bond donors (Lipinski definition) is 1. The van der Waals surface area contributed by atoms with Crippen molar-refractivity contribution in [3.8, 4) is 23.2 Å². The zero-order chi connectivity index (χ0) is 22.8. The van der Waals surface area contributed by atoms with Gasteiger partial charge in [0.25, 0.3) is 0 Å². The van der Waals surface area contributed by atoms with Crippen LogP contribution in [-0.2, 0) is 10.2 Å². The van der Waals surface area contributed by atoms with Crippen LogP contribution in [0.4, 0.5) is 5.69 Å². The standard InChI is InChI=1S/C25H23N5O3/c1-17-27-22(30-15-5-14-26-30)16-23(28-17)33-19-10-8-18(9-11-19)29-24(31)25(12-13-25)20-6-3-4-7-21(20)32-2/h3-11,14-16H,12-13H2,1-2H3,(H,29,31). The highest BCUT2D eigenvalue weighted by molar-refractivity contribution is 6.01. The smallest absolute Gasteiger partial charge is 0.235 e. The lowest BCUT2D eigenvalue weighted by atomic mass is 9.94. The van der Waals surface area contributed by atoms with E-state index in [-0.39, 0.29) is 5.91 Å². The molecule has 1 aliphatic rings. The van der Waals surface area contributed by atoms with Crippen LogP contribution >= 0.6 is 0 Å². The summed E-state index contributed by atoms with van der Waals surface area (Å²) in [7, 11) is 1.63. The van der Waals surface area contributed by atoms with Gasteiger partial charge in [-0.15, -0.1) is 0 Å². The Morgan fingerprint density at radius 3 is 2.55 bits per heavy atom. The Morgan fingerprint density at radius 1 is 1.06 bits per heavy atom. The third-order valence-electron chi connectivity index (χ3n) is 5.68. The fourth-order valence-corrected chi connectivity index (χ4v) is 3.86. The fraction of sp³-hybridized carbons (Fsp3) is 0.200. The maximum Gasteiger partial charge on any atom is 0.235 e. The van der Waals surface area contributed by atoms with Crippen LogP contribution in [0.1, 0.15) is 24.2 Å². The molecule has 0 radical (unpaired) electrons. The summed E-state index contributed by atoms with van der Waals surface area (Å²) in [5.74, 6) is 2.92. The largest absolute Gasteiger partial charge is 0.496 e. The number of carbonyl (C=O) groups is 1. The lowest BCUT2D eigenvalue weighted by Crippen LogP contribution is -2.28. The maximum atomic E-state index is 13.1. The number of para-hydroxylation sites is 1. The van der Waals surface area contributed by atoms with E-state index in [1.54, 1.807) is 49.3 Å². The molecule has 5 rings (SSSR count). The summed E-state index contributed by atoms with van der Waals surface area (Å²) < 4.78 is 13.0. The van der Waals surface area contributed by atoms with Crippen molar-refractivity contribution in [1.29, 1.82) is 0 Å². The molecule has 166 valence electrons. The molecule has 8 heteroatoms. The van der Waals surface area contributed by atoms with Crippen LogP contribution in [0.15, 0.2) is 73.1 Å². The quantitative estimate of drug-likeness (QED) is 0.456. The fourth-order valence-electron chi connectivity index (χ4n) is 3.86. The number of benzene rings is 2. The van der Waals surface area contributed by atoms with Crippen molar-refractivity contribution < 1.29 is 14.3 Å². The second kappa shape index (κ2) is 8.38. The van der Waals surface area contributed by atoms with Gasteiger partial charge in [-0.1, -0.05) is 18.2 Å². The number of rotatable bonds is 7. The van der Waals surface area contributed by atoms with Crippen LogP contribution in [-0.4, -0.2) is 32.8 Å². The Labute approximate surface area is 191 Å². The van der Waals surface area contributed by atoms with Crippen molar-refractivity contribution >= 4 is 11.6 Å². The SMILES string of the molecule is COc1ccccc1C1(C(=O)Nc2ccc(Oc3cc(-n4cccn4)nc(C)n3)cc2)CC1. The first kappa shape index (κ1) is 20.7. The molecule has 4 aromatic rings. The summed E-state index contributed by atoms with van der Waals surface area (Å²) in [4.78, 5) is 21.8. The summed E-state index contributed by atoms with van der Waals surface area (Å²) in [6.07, 6.45) is 5.09. The summed E-state index contributed by atoms with van der Waals surface area (Å²) in [6, 6.07) is 18.5. The summed E-state index contributed by atoms with van der Waals surface area (Å²) in [6.45, 7) is 1.80. The van der Waals surface area contributed by atoms with Gasteiger partial charge in [-0.25, -0.2) is 9.67 Å². The van der Waals surface area contributed by atoms with Crippen LogP contribution in [0.3, 0.4) is 0 Å². The lowest BCUT2D eigenvalue weighted by Gasteiger charge is -2.18. The van der Waals surface area contributed by atoms with Crippen LogP contribution in [0.25, 0.3) is 5.82 Å². The summed E-state index contributed by atoms with van der Waals surface area (Å²) >= 11 is 0. The van der Waals surface area contributed by atoms with Crippen LogP contribution in [0.5, 0.6) is 17.4 Å². The molecule has 1 saturated carbocycles. The van der Waals surface area contributed by atoms with E-state index in [0.29, 0.717) is 29.0 Å². The number of aromatic nitrogens is 4. The third-order valence-corrected chi connectivity index (χ3v) is 5.68. The van der Waals surface area contributed by atoms with E-state index in [1.807, 2.05) is 42.5 Å². The van der Waals surface area contributed by atoms with Crippen LogP contribution in [0, 0.1) is 6.92 Å². The molecule has 0 aliphatic heterocycles. The number of hydrogen-bond acceptors (Lipinski definition) is 6. The van der Waals surface area contributed by atoms with E-state index in [0.717, 1.165) is 24.2 Å². The number of nitrogens with one attached hydrogen (secondary N) is 1. The van der Waals surface area contributed by atoms with E-state index in [4.69, 9.17) is 9.47 Å². The summed E-state index contributed by atoms with van der Waals surface area (Å²) in [5, 5.41) is 7.23. The van der Waals surface area contributed by atoms with E-state index >= 15 is 0 Å². The van der Waals surface area contributed by atoms with Gasteiger partial charge in [0, 0.05) is 29.7 Å². The first-order chi connectivity index (χ1) is 16.1. The Balaban J connectivity index is 1.29. The zero-order valence-corrected chi connectivity index (χ0v) is 18.4. The van der Waals surface area contributed by atoms with E-state index in [2.05, 4.69) is 20.4 Å². The van der Waals surface area contributed by atoms with Gasteiger partial charge < -0.3 is 14.8 Å². The van der Waals surface area contributed by atoms with Gasteiger partial charge in [0.2, 0.25) is 11.8 Å². The monoisotopic (exact) mass is 441 g/mol. The Kier molecular flexibility index (Phi) is 5.26. The maximum absolute atomic E-state index is 13.1. The molecule has 33 heavy (non-hydrogen) atoms. The minimum atomic E-state index is -0.539. The third kappa shape index (κ3) is 4.15. The van der Waals surface area contributed by atoms with Gasteiger partial charge in [-0.2, -0.15) is 10.1 Å². The molecule has 0 unspecified atom stereocenters. The molecule has 2 heterocycles. The Bertz CT molecular complexity index is 1280. The highest BCUT2D eigenvalue weighted by Gasteiger charge is 2.52. The molecule has 0 atom stereocenters. The minimum absolute atomic E-state index is 0.0315. The molecule has 0 saturated heterocycles. The average Bonchev–Trinajstić information content (AvgIpc) is 3.45. The molecule has 1 amide bonds. The van der Waals surface area contributed by atoms with Gasteiger partial charge in [0.05, 0.1) is 12.5 Å². The normalized spacial score (nSPS) is 13.9. The van der Waals surface area contributed by atoms with Gasteiger partial charge in [0.1, 0.15) is 17.3 Å². The number of anilines is 1. The molecule has 1 N–H and O–H groups in total. The van der Waals surface area contributed by atoms with Gasteiger partial charge >= 0.3 is 0 Å². The number of nitrogens with zero attached hydrogens (tertiary/aromatic N) is 4. The first-order valence-corrected chi connectivity index (χ1v) is 10.7.